The van der Waals surface area contributed by atoms with Crippen LogP contribution in [-0.2, 0) is 12.7 Å². The van der Waals surface area contributed by atoms with E-state index in [4.69, 9.17) is 5.73 Å². The smallest absolute Gasteiger partial charge is 0.383 e. The Labute approximate surface area is 206 Å². The van der Waals surface area contributed by atoms with Gasteiger partial charge in [0.25, 0.3) is 5.91 Å². The van der Waals surface area contributed by atoms with Gasteiger partial charge in [0.1, 0.15) is 5.82 Å². The van der Waals surface area contributed by atoms with Gasteiger partial charge in [0.05, 0.1) is 29.4 Å². The Balaban J connectivity index is 1.54. The van der Waals surface area contributed by atoms with Gasteiger partial charge >= 0.3 is 6.18 Å². The van der Waals surface area contributed by atoms with Crippen molar-refractivity contribution in [2.45, 2.75) is 44.9 Å². The van der Waals surface area contributed by atoms with Crippen LogP contribution in [0.25, 0.3) is 10.9 Å². The minimum absolute atomic E-state index is 0.0831. The summed E-state index contributed by atoms with van der Waals surface area (Å²) in [6.45, 7) is 4.06. The van der Waals surface area contributed by atoms with Crippen LogP contribution in [0.1, 0.15) is 63.6 Å². The molecule has 0 radical (unpaired) electrons. The lowest BCUT2D eigenvalue weighted by Crippen LogP contribution is -2.34. The summed E-state index contributed by atoms with van der Waals surface area (Å²) in [5.41, 5.74) is 9.70. The Hall–Kier alpha value is -3.94. The summed E-state index contributed by atoms with van der Waals surface area (Å²) in [5.74, 6) is 0.462. The molecule has 2 heterocycles. The van der Waals surface area contributed by atoms with Gasteiger partial charge in [-0.05, 0) is 72.4 Å². The number of rotatable bonds is 4. The standard InChI is InChI=1S/C28H25F3N4O/c1-16-12-25(23-6-4-3-5-22(16)23)35(15-21-9-8-20(14-33-21)28(29,30)31)27(36)18-7-10-24-19(13-18)11-17(2)26(32)34-24/h3-11,13-14,16,25H,12,15H2,1-2H3,(H2,32,34)/t16-,25-/m0/s1. The molecular formula is C28H25F3N4O. The van der Waals surface area contributed by atoms with Gasteiger partial charge in [0.15, 0.2) is 0 Å². The number of anilines is 1. The maximum atomic E-state index is 13.9. The van der Waals surface area contributed by atoms with Crippen molar-refractivity contribution in [1.82, 2.24) is 14.9 Å². The summed E-state index contributed by atoms with van der Waals surface area (Å²) in [6.07, 6.45) is -2.93. The number of carbonyl (C=O) groups is 1. The highest BCUT2D eigenvalue weighted by molar-refractivity contribution is 5.98. The number of aryl methyl sites for hydroxylation is 1. The minimum Gasteiger partial charge on any atom is -0.383 e. The molecule has 0 spiro atoms. The van der Waals surface area contributed by atoms with E-state index in [1.165, 1.54) is 11.6 Å². The van der Waals surface area contributed by atoms with Crippen LogP contribution in [0.4, 0.5) is 19.0 Å². The van der Waals surface area contributed by atoms with Crippen LogP contribution in [0.15, 0.2) is 66.9 Å². The zero-order chi connectivity index (χ0) is 25.6. The second kappa shape index (κ2) is 8.93. The lowest BCUT2D eigenvalue weighted by molar-refractivity contribution is -0.137. The molecule has 0 saturated carbocycles. The topological polar surface area (TPSA) is 72.1 Å². The summed E-state index contributed by atoms with van der Waals surface area (Å²) in [5, 5.41) is 0.792. The van der Waals surface area contributed by atoms with E-state index in [0.717, 1.165) is 35.2 Å². The number of nitrogen functional groups attached to an aromatic ring is 1. The Kier molecular flexibility index (Phi) is 5.90. The number of aromatic nitrogens is 2. The highest BCUT2D eigenvalue weighted by Crippen LogP contribution is 2.44. The van der Waals surface area contributed by atoms with Crippen molar-refractivity contribution >= 4 is 22.6 Å². The first-order valence-electron chi connectivity index (χ1n) is 11.7. The molecule has 0 aliphatic heterocycles. The first-order valence-corrected chi connectivity index (χ1v) is 11.7. The number of amides is 1. The first kappa shape index (κ1) is 23.8. The van der Waals surface area contributed by atoms with Gasteiger partial charge in [-0.2, -0.15) is 13.2 Å². The van der Waals surface area contributed by atoms with E-state index in [-0.39, 0.29) is 24.4 Å². The van der Waals surface area contributed by atoms with Crippen molar-refractivity contribution < 1.29 is 18.0 Å². The van der Waals surface area contributed by atoms with Crippen LogP contribution in [0.2, 0.25) is 0 Å². The molecule has 0 fully saturated rings. The summed E-state index contributed by atoms with van der Waals surface area (Å²) >= 11 is 0. The van der Waals surface area contributed by atoms with Crippen LogP contribution in [0.3, 0.4) is 0 Å². The molecule has 8 heteroatoms. The number of hydrogen-bond acceptors (Lipinski definition) is 4. The average molecular weight is 491 g/mol. The van der Waals surface area contributed by atoms with Crippen LogP contribution < -0.4 is 5.73 Å². The molecule has 0 bridgehead atoms. The van der Waals surface area contributed by atoms with E-state index in [2.05, 4.69) is 23.0 Å². The molecule has 2 N–H and O–H groups in total. The minimum atomic E-state index is -4.47. The molecule has 5 nitrogen and oxygen atoms in total. The zero-order valence-electron chi connectivity index (χ0n) is 19.9. The fraction of sp³-hybridized carbons (Fsp3) is 0.250. The van der Waals surface area contributed by atoms with E-state index < -0.39 is 11.7 Å². The highest BCUT2D eigenvalue weighted by atomic mass is 19.4. The van der Waals surface area contributed by atoms with E-state index in [1.54, 1.807) is 23.1 Å². The molecule has 2 aromatic carbocycles. The lowest BCUT2D eigenvalue weighted by atomic mass is 10.0. The Morgan fingerprint density at radius 2 is 1.83 bits per heavy atom. The lowest BCUT2D eigenvalue weighted by Gasteiger charge is -2.30. The molecular weight excluding hydrogens is 465 g/mol. The normalized spacial score (nSPS) is 17.2. The number of fused-ring (bicyclic) bond motifs is 2. The Morgan fingerprint density at radius 3 is 2.53 bits per heavy atom. The maximum Gasteiger partial charge on any atom is 0.417 e. The number of carbonyl (C=O) groups excluding carboxylic acids is 1. The largest absolute Gasteiger partial charge is 0.417 e. The molecule has 184 valence electrons. The third-order valence-corrected chi connectivity index (χ3v) is 6.88. The molecule has 36 heavy (non-hydrogen) atoms. The van der Waals surface area contributed by atoms with E-state index >= 15 is 0 Å². The van der Waals surface area contributed by atoms with Gasteiger partial charge < -0.3 is 10.6 Å². The predicted octanol–water partition coefficient (Wildman–Crippen LogP) is 6.43. The summed E-state index contributed by atoms with van der Waals surface area (Å²) in [4.78, 5) is 24.1. The van der Waals surface area contributed by atoms with Crippen molar-refractivity contribution in [1.29, 1.82) is 0 Å². The molecule has 2 aromatic heterocycles. The van der Waals surface area contributed by atoms with Gasteiger partial charge in [-0.15, -0.1) is 0 Å². The number of benzene rings is 2. The molecule has 2 atom stereocenters. The van der Waals surface area contributed by atoms with E-state index in [1.807, 2.05) is 31.2 Å². The van der Waals surface area contributed by atoms with Gasteiger partial charge in [0, 0.05) is 17.1 Å². The van der Waals surface area contributed by atoms with Crippen molar-refractivity contribution in [3.05, 3.63) is 100 Å². The maximum absolute atomic E-state index is 13.9. The highest BCUT2D eigenvalue weighted by Gasteiger charge is 2.36. The van der Waals surface area contributed by atoms with Crippen LogP contribution >= 0.6 is 0 Å². The van der Waals surface area contributed by atoms with Crippen molar-refractivity contribution in [2.24, 2.45) is 0 Å². The first-order chi connectivity index (χ1) is 17.1. The van der Waals surface area contributed by atoms with Crippen molar-refractivity contribution in [3.63, 3.8) is 0 Å². The van der Waals surface area contributed by atoms with Crippen molar-refractivity contribution in [2.75, 3.05) is 5.73 Å². The van der Waals surface area contributed by atoms with E-state index in [9.17, 15) is 18.0 Å². The number of nitrogens with zero attached hydrogens (tertiary/aromatic N) is 3. The van der Waals surface area contributed by atoms with Crippen molar-refractivity contribution in [3.8, 4) is 0 Å². The number of pyridine rings is 2. The fourth-order valence-electron chi connectivity index (χ4n) is 4.93. The van der Waals surface area contributed by atoms with E-state index in [0.29, 0.717) is 22.6 Å². The summed E-state index contributed by atoms with van der Waals surface area (Å²) < 4.78 is 39.1. The third kappa shape index (κ3) is 4.39. The third-order valence-electron chi connectivity index (χ3n) is 6.88. The number of hydrogen-bond donors (Lipinski definition) is 1. The molecule has 1 aliphatic rings. The van der Waals surface area contributed by atoms with Gasteiger partial charge in [0.2, 0.25) is 0 Å². The summed E-state index contributed by atoms with van der Waals surface area (Å²) in [6, 6.07) is 17.3. The molecule has 5 rings (SSSR count). The SMILES string of the molecule is Cc1cc2cc(C(=O)N(Cc3ccc(C(F)(F)F)cn3)[C@H]3C[C@H](C)c4ccccc43)ccc2nc1N. The number of alkyl halides is 3. The van der Waals surface area contributed by atoms with Gasteiger partial charge in [-0.25, -0.2) is 4.98 Å². The molecule has 0 saturated heterocycles. The van der Waals surface area contributed by atoms with Crippen LogP contribution in [-0.4, -0.2) is 20.8 Å². The number of nitrogens with two attached hydrogens (primary N) is 1. The monoisotopic (exact) mass is 490 g/mol. The second-order valence-corrected chi connectivity index (χ2v) is 9.35. The molecule has 0 unspecified atom stereocenters. The quantitative estimate of drug-likeness (QED) is 0.358. The predicted molar refractivity (Wildman–Crippen MR) is 132 cm³/mol. The zero-order valence-corrected chi connectivity index (χ0v) is 19.9. The Morgan fingerprint density at radius 1 is 1.08 bits per heavy atom. The average Bonchev–Trinajstić information content (AvgIpc) is 3.18. The second-order valence-electron chi connectivity index (χ2n) is 9.35. The molecule has 1 amide bonds. The van der Waals surface area contributed by atoms with Gasteiger partial charge in [-0.3, -0.25) is 9.78 Å². The van der Waals surface area contributed by atoms with Gasteiger partial charge in [-0.1, -0.05) is 31.2 Å². The van der Waals surface area contributed by atoms with Crippen LogP contribution in [0.5, 0.6) is 0 Å². The Bertz CT molecular complexity index is 1450. The van der Waals surface area contributed by atoms with Crippen LogP contribution in [0, 0.1) is 6.92 Å². The number of halogens is 3. The molecule has 4 aromatic rings. The molecule has 1 aliphatic carbocycles. The fourth-order valence-corrected chi connectivity index (χ4v) is 4.93. The summed E-state index contributed by atoms with van der Waals surface area (Å²) in [7, 11) is 0.